The van der Waals surface area contributed by atoms with Crippen molar-refractivity contribution in [3.8, 4) is 5.75 Å². The predicted octanol–water partition coefficient (Wildman–Crippen LogP) is 0.451. The number of carboxylic acids is 1. The quantitative estimate of drug-likeness (QED) is 0.851. The van der Waals surface area contributed by atoms with Gasteiger partial charge in [0.15, 0.2) is 5.03 Å². The van der Waals surface area contributed by atoms with Crippen LogP contribution in [0.4, 0.5) is 5.69 Å². The van der Waals surface area contributed by atoms with E-state index in [-0.39, 0.29) is 17.3 Å². The van der Waals surface area contributed by atoms with Crippen LogP contribution in [-0.4, -0.2) is 42.1 Å². The summed E-state index contributed by atoms with van der Waals surface area (Å²) in [5, 5.41) is 9.00. The number of anilines is 1. The Kier molecular flexibility index (Phi) is 3.05. The number of imidazole rings is 1. The fourth-order valence-corrected chi connectivity index (χ4v) is 3.44. The van der Waals surface area contributed by atoms with E-state index in [2.05, 4.69) is 9.97 Å². The van der Waals surface area contributed by atoms with Gasteiger partial charge in [-0.15, -0.1) is 0 Å². The Balaban J connectivity index is 2.11. The van der Waals surface area contributed by atoms with Crippen LogP contribution >= 0.6 is 0 Å². The summed E-state index contributed by atoms with van der Waals surface area (Å²) in [6, 6.07) is 6.38. The van der Waals surface area contributed by atoms with Crippen molar-refractivity contribution in [3.63, 3.8) is 0 Å². The van der Waals surface area contributed by atoms with Crippen molar-refractivity contribution in [2.75, 3.05) is 10.8 Å². The minimum Gasteiger partial charge on any atom is -0.478 e. The van der Waals surface area contributed by atoms with E-state index >= 15 is 0 Å². The van der Waals surface area contributed by atoms with Crippen molar-refractivity contribution in [1.29, 1.82) is 0 Å². The second-order valence-corrected chi connectivity index (χ2v) is 6.20. The first-order valence-electron chi connectivity index (χ1n) is 6.00. The number of para-hydroxylation sites is 2. The van der Waals surface area contributed by atoms with E-state index in [1.54, 1.807) is 18.2 Å². The largest absolute Gasteiger partial charge is 0.478 e. The Morgan fingerprint density at radius 3 is 2.86 bits per heavy atom. The number of hydrogen-bond acceptors (Lipinski definition) is 5. The second kappa shape index (κ2) is 4.77. The van der Waals surface area contributed by atoms with Gasteiger partial charge in [0.2, 0.25) is 6.10 Å². The van der Waals surface area contributed by atoms with Crippen molar-refractivity contribution >= 4 is 21.7 Å². The highest BCUT2D eigenvalue weighted by Crippen LogP contribution is 2.36. The van der Waals surface area contributed by atoms with E-state index in [4.69, 9.17) is 9.84 Å². The molecule has 1 aromatic carbocycles. The van der Waals surface area contributed by atoms with E-state index in [9.17, 15) is 13.2 Å². The van der Waals surface area contributed by atoms with Gasteiger partial charge < -0.3 is 14.8 Å². The number of ether oxygens (including phenoxy) is 1. The topological polar surface area (TPSA) is 113 Å². The molecule has 2 aromatic rings. The molecule has 1 aliphatic rings. The van der Waals surface area contributed by atoms with Gasteiger partial charge in [0.25, 0.3) is 10.0 Å². The molecule has 1 unspecified atom stereocenters. The van der Waals surface area contributed by atoms with E-state index in [0.717, 1.165) is 4.31 Å². The zero-order valence-corrected chi connectivity index (χ0v) is 11.4. The van der Waals surface area contributed by atoms with Crippen molar-refractivity contribution in [1.82, 2.24) is 9.97 Å². The summed E-state index contributed by atoms with van der Waals surface area (Å²) < 4.78 is 31.5. The molecule has 3 rings (SSSR count). The zero-order chi connectivity index (χ0) is 15.0. The highest BCUT2D eigenvalue weighted by molar-refractivity contribution is 7.92. The number of sulfonamides is 1. The molecule has 0 bridgehead atoms. The number of H-pyrrole nitrogens is 1. The molecule has 2 N–H and O–H groups in total. The Bertz CT molecular complexity index is 772. The number of aromatic nitrogens is 2. The summed E-state index contributed by atoms with van der Waals surface area (Å²) in [6.45, 7) is -0.312. The fraction of sp³-hybridized carbons (Fsp3) is 0.167. The highest BCUT2D eigenvalue weighted by atomic mass is 32.2. The van der Waals surface area contributed by atoms with Crippen molar-refractivity contribution < 1.29 is 23.1 Å². The fourth-order valence-electron chi connectivity index (χ4n) is 2.06. The molecule has 1 atom stereocenters. The van der Waals surface area contributed by atoms with Gasteiger partial charge in [0, 0.05) is 0 Å². The van der Waals surface area contributed by atoms with Crippen LogP contribution in [0.2, 0.25) is 0 Å². The molecule has 0 spiro atoms. The maximum atomic E-state index is 12.6. The third-order valence-electron chi connectivity index (χ3n) is 3.05. The molecular weight excluding hydrogens is 298 g/mol. The number of carbonyl (C=O) groups is 1. The lowest BCUT2D eigenvalue weighted by atomic mass is 10.2. The molecule has 0 radical (unpaired) electrons. The second-order valence-electron chi connectivity index (χ2n) is 4.36. The monoisotopic (exact) mass is 309 g/mol. The number of fused-ring (bicyclic) bond motifs is 1. The first-order chi connectivity index (χ1) is 10.00. The maximum Gasteiger partial charge on any atom is 0.346 e. The smallest absolute Gasteiger partial charge is 0.346 e. The van der Waals surface area contributed by atoms with Crippen LogP contribution in [0.25, 0.3) is 0 Å². The number of nitrogens with one attached hydrogen (secondary N) is 1. The van der Waals surface area contributed by atoms with Gasteiger partial charge in [-0.05, 0) is 12.1 Å². The Labute approximate surface area is 120 Å². The first kappa shape index (κ1) is 13.4. The van der Waals surface area contributed by atoms with Gasteiger partial charge in [0.05, 0.1) is 24.8 Å². The van der Waals surface area contributed by atoms with Crippen LogP contribution in [-0.2, 0) is 14.8 Å². The lowest BCUT2D eigenvalue weighted by molar-refractivity contribution is -0.144. The highest BCUT2D eigenvalue weighted by Gasteiger charge is 2.37. The number of benzene rings is 1. The maximum absolute atomic E-state index is 12.6. The number of hydrogen-bond donors (Lipinski definition) is 2. The first-order valence-corrected chi connectivity index (χ1v) is 7.44. The van der Waals surface area contributed by atoms with Crippen LogP contribution in [0, 0.1) is 0 Å². The summed E-state index contributed by atoms with van der Waals surface area (Å²) in [5.74, 6) is -1.02. The standard InChI is InChI=1S/C12H11N3O5S/c16-12(17)10-6-15(8-3-1-2-4-9(8)20-10)21(18,19)11-5-13-7-14-11/h1-5,7,10H,6H2,(H,13,14)(H,16,17). The third kappa shape index (κ3) is 2.21. The molecule has 0 fully saturated rings. The van der Waals surface area contributed by atoms with Gasteiger partial charge in [-0.2, -0.15) is 8.42 Å². The van der Waals surface area contributed by atoms with Crippen LogP contribution in [0.5, 0.6) is 5.75 Å². The predicted molar refractivity (Wildman–Crippen MR) is 71.6 cm³/mol. The normalized spacial score (nSPS) is 17.9. The number of carboxylic acid groups (broad SMARTS) is 1. The molecule has 0 aliphatic carbocycles. The Morgan fingerprint density at radius 1 is 1.43 bits per heavy atom. The molecule has 2 heterocycles. The Morgan fingerprint density at radius 2 is 2.19 bits per heavy atom. The zero-order valence-electron chi connectivity index (χ0n) is 10.6. The molecule has 0 saturated heterocycles. The molecule has 0 saturated carbocycles. The van der Waals surface area contributed by atoms with E-state index in [0.29, 0.717) is 5.69 Å². The van der Waals surface area contributed by atoms with E-state index < -0.39 is 22.1 Å². The summed E-state index contributed by atoms with van der Waals surface area (Å²) in [7, 11) is -3.93. The summed E-state index contributed by atoms with van der Waals surface area (Å²) >= 11 is 0. The molecule has 8 nitrogen and oxygen atoms in total. The van der Waals surface area contributed by atoms with Gasteiger partial charge >= 0.3 is 5.97 Å². The number of aliphatic carboxylic acids is 1. The molecule has 21 heavy (non-hydrogen) atoms. The van der Waals surface area contributed by atoms with Gasteiger partial charge in [-0.1, -0.05) is 12.1 Å². The summed E-state index contributed by atoms with van der Waals surface area (Å²) in [5.41, 5.74) is 0.296. The van der Waals surface area contributed by atoms with Crippen molar-refractivity contribution in [2.45, 2.75) is 11.1 Å². The molecular formula is C12H11N3O5S. The molecule has 110 valence electrons. The van der Waals surface area contributed by atoms with Crippen molar-refractivity contribution in [2.24, 2.45) is 0 Å². The third-order valence-corrected chi connectivity index (χ3v) is 4.76. The Hall–Kier alpha value is -2.55. The van der Waals surface area contributed by atoms with Gasteiger partial charge in [0.1, 0.15) is 5.75 Å². The van der Waals surface area contributed by atoms with Crippen LogP contribution in [0.1, 0.15) is 0 Å². The SMILES string of the molecule is O=C(O)C1CN(S(=O)(=O)c2cnc[nH]2)c2ccccc2O1. The lowest BCUT2D eigenvalue weighted by Crippen LogP contribution is -2.47. The molecule has 1 aromatic heterocycles. The minimum atomic E-state index is -3.93. The average molecular weight is 309 g/mol. The van der Waals surface area contributed by atoms with Crippen LogP contribution in [0.3, 0.4) is 0 Å². The van der Waals surface area contributed by atoms with Crippen LogP contribution < -0.4 is 9.04 Å². The molecule has 1 aliphatic heterocycles. The lowest BCUT2D eigenvalue weighted by Gasteiger charge is -2.33. The summed E-state index contributed by atoms with van der Waals surface area (Å²) in [4.78, 5) is 17.4. The van der Waals surface area contributed by atoms with Gasteiger partial charge in [-0.3, -0.25) is 4.31 Å². The van der Waals surface area contributed by atoms with Crippen molar-refractivity contribution in [3.05, 3.63) is 36.8 Å². The number of aromatic amines is 1. The number of rotatable bonds is 3. The van der Waals surface area contributed by atoms with Gasteiger partial charge in [-0.25, -0.2) is 9.78 Å². The minimum absolute atomic E-state index is 0.108. The van der Waals surface area contributed by atoms with E-state index in [1.807, 2.05) is 0 Å². The number of nitrogens with zero attached hydrogens (tertiary/aromatic N) is 2. The molecule has 0 amide bonds. The summed E-state index contributed by atoms with van der Waals surface area (Å²) in [6.07, 6.45) is 1.15. The molecule has 9 heteroatoms. The van der Waals surface area contributed by atoms with Crippen LogP contribution in [0.15, 0.2) is 41.8 Å². The van der Waals surface area contributed by atoms with E-state index in [1.165, 1.54) is 18.6 Å². The average Bonchev–Trinajstić information content (AvgIpc) is 3.00.